The molecule has 0 unspecified atom stereocenters. The van der Waals surface area contributed by atoms with Crippen LogP contribution in [0.1, 0.15) is 21.5 Å². The molecule has 2 aliphatic rings. The van der Waals surface area contributed by atoms with E-state index in [9.17, 15) is 19.2 Å². The molecule has 2 fully saturated rings. The number of urea groups is 1. The Balaban J connectivity index is 1.32. The highest BCUT2D eigenvalue weighted by Gasteiger charge is 2.30. The molecule has 0 spiro atoms. The number of amides is 5. The highest BCUT2D eigenvalue weighted by atomic mass is 32.2. The molecule has 2 aromatic rings. The summed E-state index contributed by atoms with van der Waals surface area (Å²) in [5.41, 5.74) is 2.32. The normalized spacial score (nSPS) is 16.3. The van der Waals surface area contributed by atoms with Crippen LogP contribution in [0.5, 0.6) is 0 Å². The number of hydrogen-bond donors (Lipinski definition) is 0. The van der Waals surface area contributed by atoms with Crippen molar-refractivity contribution in [2.45, 2.75) is 13.1 Å². The first-order valence-corrected chi connectivity index (χ1v) is 11.8. The van der Waals surface area contributed by atoms with Gasteiger partial charge in [0.25, 0.3) is 11.1 Å². The first kappa shape index (κ1) is 22.8. The highest BCUT2D eigenvalue weighted by Crippen LogP contribution is 2.22. The zero-order valence-corrected chi connectivity index (χ0v) is 19.3. The Labute approximate surface area is 197 Å². The molecule has 2 heterocycles. The Hall–Kier alpha value is -3.33. The Morgan fingerprint density at radius 3 is 2.24 bits per heavy atom. The van der Waals surface area contributed by atoms with Crippen molar-refractivity contribution in [3.8, 4) is 0 Å². The summed E-state index contributed by atoms with van der Waals surface area (Å²) in [6.07, 6.45) is 0. The Morgan fingerprint density at radius 1 is 0.909 bits per heavy atom. The average molecular weight is 467 g/mol. The molecule has 8 nitrogen and oxygen atoms in total. The van der Waals surface area contributed by atoms with Gasteiger partial charge in [0.2, 0.25) is 5.91 Å². The molecule has 0 bridgehead atoms. The minimum Gasteiger partial charge on any atom is -0.335 e. The molecule has 5 amide bonds. The summed E-state index contributed by atoms with van der Waals surface area (Å²) in [6, 6.07) is 16.8. The second-order valence-electron chi connectivity index (χ2n) is 8.14. The van der Waals surface area contributed by atoms with Crippen LogP contribution in [0.25, 0.3) is 0 Å². The number of carbonyl (C=O) groups is 4. The van der Waals surface area contributed by atoms with E-state index in [1.807, 2.05) is 30.3 Å². The molecule has 0 aromatic heterocycles. The quantitative estimate of drug-likeness (QED) is 0.677. The molecule has 2 aromatic carbocycles. The second-order valence-corrected chi connectivity index (χ2v) is 9.06. The maximum Gasteiger partial charge on any atom is 0.320 e. The lowest BCUT2D eigenvalue weighted by molar-refractivity contribution is -0.125. The number of thioether (sulfide) groups is 1. The third-order valence-corrected chi connectivity index (χ3v) is 6.64. The lowest BCUT2D eigenvalue weighted by Crippen LogP contribution is -2.53. The lowest BCUT2D eigenvalue weighted by atomic mass is 10.1. The third-order valence-electron chi connectivity index (χ3n) is 5.78. The number of carbonyl (C=O) groups excluding carboxylic acids is 4. The van der Waals surface area contributed by atoms with E-state index in [0.717, 1.165) is 22.9 Å². The third kappa shape index (κ3) is 5.36. The van der Waals surface area contributed by atoms with Crippen molar-refractivity contribution in [1.29, 1.82) is 0 Å². The summed E-state index contributed by atoms with van der Waals surface area (Å²) in [5, 5.41) is -0.255. The first-order valence-electron chi connectivity index (χ1n) is 10.8. The zero-order chi connectivity index (χ0) is 23.4. The van der Waals surface area contributed by atoms with E-state index in [1.54, 1.807) is 46.0 Å². The van der Waals surface area contributed by atoms with Gasteiger partial charge in [-0.05, 0) is 23.3 Å². The van der Waals surface area contributed by atoms with Gasteiger partial charge in [-0.15, -0.1) is 0 Å². The van der Waals surface area contributed by atoms with E-state index in [1.165, 1.54) is 4.90 Å². The SMILES string of the molecule is CN(Cc1ccccc1)C(=O)N1CCN(C(=O)c2cccc(CN3C(=O)CSC3=O)c2)CC1. The van der Waals surface area contributed by atoms with Gasteiger partial charge in [-0.3, -0.25) is 19.3 Å². The smallest absolute Gasteiger partial charge is 0.320 e. The van der Waals surface area contributed by atoms with Gasteiger partial charge in [-0.25, -0.2) is 4.79 Å². The van der Waals surface area contributed by atoms with Crippen LogP contribution in [0.2, 0.25) is 0 Å². The van der Waals surface area contributed by atoms with Crippen LogP contribution >= 0.6 is 11.8 Å². The van der Waals surface area contributed by atoms with Crippen molar-refractivity contribution in [2.24, 2.45) is 0 Å². The van der Waals surface area contributed by atoms with Crippen molar-refractivity contribution >= 4 is 34.8 Å². The Bertz CT molecular complexity index is 1040. The fourth-order valence-corrected chi connectivity index (χ4v) is 4.69. The van der Waals surface area contributed by atoms with Crippen LogP contribution in [0.3, 0.4) is 0 Å². The molecule has 4 rings (SSSR count). The van der Waals surface area contributed by atoms with Gasteiger partial charge in [0.15, 0.2) is 0 Å². The number of nitrogens with zero attached hydrogens (tertiary/aromatic N) is 4. The van der Waals surface area contributed by atoms with Crippen molar-refractivity contribution in [2.75, 3.05) is 39.0 Å². The standard InChI is InChI=1S/C24H26N4O4S/c1-25(15-18-6-3-2-4-7-18)23(31)27-12-10-26(11-13-27)22(30)20-9-5-8-19(14-20)16-28-21(29)17-33-24(28)32/h2-9,14H,10-13,15-17H2,1H3. The predicted molar refractivity (Wildman–Crippen MR) is 126 cm³/mol. The largest absolute Gasteiger partial charge is 0.335 e. The van der Waals surface area contributed by atoms with Crippen molar-refractivity contribution < 1.29 is 19.2 Å². The van der Waals surface area contributed by atoms with Gasteiger partial charge in [0.05, 0.1) is 12.3 Å². The molecule has 9 heteroatoms. The summed E-state index contributed by atoms with van der Waals surface area (Å²) in [4.78, 5) is 56.0. The monoisotopic (exact) mass is 466 g/mol. The fourth-order valence-electron chi connectivity index (χ4n) is 3.97. The molecular formula is C24H26N4O4S. The summed E-state index contributed by atoms with van der Waals surface area (Å²) in [7, 11) is 1.78. The van der Waals surface area contributed by atoms with Gasteiger partial charge in [-0.2, -0.15) is 0 Å². The number of piperazine rings is 1. The van der Waals surface area contributed by atoms with Gasteiger partial charge < -0.3 is 14.7 Å². The van der Waals surface area contributed by atoms with E-state index >= 15 is 0 Å². The van der Waals surface area contributed by atoms with Crippen LogP contribution in [0, 0.1) is 0 Å². The number of rotatable bonds is 5. The summed E-state index contributed by atoms with van der Waals surface area (Å²) in [6.45, 7) is 2.55. The van der Waals surface area contributed by atoms with Crippen LogP contribution in [0.4, 0.5) is 9.59 Å². The summed E-state index contributed by atoms with van der Waals surface area (Å²) >= 11 is 0.997. The number of hydrogen-bond acceptors (Lipinski definition) is 5. The van der Waals surface area contributed by atoms with Crippen molar-refractivity contribution in [1.82, 2.24) is 19.6 Å². The van der Waals surface area contributed by atoms with Crippen LogP contribution in [-0.2, 0) is 17.9 Å². The van der Waals surface area contributed by atoms with Crippen molar-refractivity contribution in [3.05, 3.63) is 71.3 Å². The van der Waals surface area contributed by atoms with Crippen LogP contribution in [0.15, 0.2) is 54.6 Å². The Kier molecular flexibility index (Phi) is 6.98. The molecule has 2 aliphatic heterocycles. The summed E-state index contributed by atoms with van der Waals surface area (Å²) in [5.74, 6) is -0.157. The van der Waals surface area contributed by atoms with Crippen LogP contribution < -0.4 is 0 Å². The number of benzene rings is 2. The predicted octanol–water partition coefficient (Wildman–Crippen LogP) is 2.89. The summed E-state index contributed by atoms with van der Waals surface area (Å²) < 4.78 is 0. The Morgan fingerprint density at radius 2 is 1.58 bits per heavy atom. The maximum absolute atomic E-state index is 13.0. The average Bonchev–Trinajstić information content (AvgIpc) is 3.16. The highest BCUT2D eigenvalue weighted by molar-refractivity contribution is 8.14. The minimum absolute atomic E-state index is 0.0502. The molecule has 0 radical (unpaired) electrons. The molecule has 172 valence electrons. The van der Waals surface area contributed by atoms with Gasteiger partial charge >= 0.3 is 6.03 Å². The van der Waals surface area contributed by atoms with E-state index < -0.39 is 0 Å². The molecule has 2 saturated heterocycles. The minimum atomic E-state index is -0.255. The molecule has 0 saturated carbocycles. The zero-order valence-electron chi connectivity index (χ0n) is 18.5. The topological polar surface area (TPSA) is 81.2 Å². The molecular weight excluding hydrogens is 440 g/mol. The first-order chi connectivity index (χ1) is 15.9. The molecule has 0 N–H and O–H groups in total. The van der Waals surface area contributed by atoms with Gasteiger partial charge in [0.1, 0.15) is 0 Å². The molecule has 33 heavy (non-hydrogen) atoms. The fraction of sp³-hybridized carbons (Fsp3) is 0.333. The number of imide groups is 1. The van der Waals surface area contributed by atoms with E-state index in [0.29, 0.717) is 38.3 Å². The molecule has 0 aliphatic carbocycles. The van der Waals surface area contributed by atoms with E-state index in [2.05, 4.69) is 0 Å². The van der Waals surface area contributed by atoms with Crippen LogP contribution in [-0.4, -0.2) is 81.7 Å². The maximum atomic E-state index is 13.0. The van der Waals surface area contributed by atoms with Crippen molar-refractivity contribution in [3.63, 3.8) is 0 Å². The lowest BCUT2D eigenvalue weighted by Gasteiger charge is -2.36. The molecule has 0 atom stereocenters. The van der Waals surface area contributed by atoms with Gasteiger partial charge in [-0.1, -0.05) is 54.2 Å². The second kappa shape index (κ2) is 10.1. The van der Waals surface area contributed by atoms with Gasteiger partial charge in [0, 0.05) is 45.3 Å². The van der Waals surface area contributed by atoms with E-state index in [4.69, 9.17) is 0 Å². The van der Waals surface area contributed by atoms with E-state index in [-0.39, 0.29) is 35.4 Å².